The molecular formula is C19H18ClF5N4O. The van der Waals surface area contributed by atoms with Gasteiger partial charge >= 0.3 is 6.18 Å². The van der Waals surface area contributed by atoms with Crippen molar-refractivity contribution in [3.63, 3.8) is 0 Å². The number of hydrogen-bond donors (Lipinski definition) is 0. The molecule has 2 aromatic heterocycles. The van der Waals surface area contributed by atoms with E-state index < -0.39 is 59.1 Å². The van der Waals surface area contributed by atoms with Crippen LogP contribution in [0.5, 0.6) is 0 Å². The van der Waals surface area contributed by atoms with Crippen molar-refractivity contribution >= 4 is 28.8 Å². The molecule has 0 atom stereocenters. The Kier molecular flexibility index (Phi) is 3.62. The largest absolute Gasteiger partial charge is 0.394 e. The lowest BCUT2D eigenvalue weighted by atomic mass is 9.32. The quantitative estimate of drug-likeness (QED) is 0.516. The van der Waals surface area contributed by atoms with Gasteiger partial charge in [-0.2, -0.15) is 18.3 Å². The van der Waals surface area contributed by atoms with E-state index >= 15 is 8.78 Å². The summed E-state index contributed by atoms with van der Waals surface area (Å²) in [5, 5.41) is 4.09. The van der Waals surface area contributed by atoms with Crippen molar-refractivity contribution in [2.75, 3.05) is 17.3 Å². The summed E-state index contributed by atoms with van der Waals surface area (Å²) < 4.78 is 72.3. The number of hydrogen-bond acceptors (Lipinski definition) is 3. The highest BCUT2D eigenvalue weighted by atomic mass is 35.5. The first-order chi connectivity index (χ1) is 13.8. The van der Waals surface area contributed by atoms with Gasteiger partial charge in [-0.05, 0) is 25.3 Å². The third-order valence-corrected chi connectivity index (χ3v) is 7.29. The van der Waals surface area contributed by atoms with Gasteiger partial charge in [0.2, 0.25) is 5.91 Å². The molecule has 0 aromatic carbocycles. The molecule has 1 amide bonds. The molecule has 0 N–H and O–H groups in total. The van der Waals surface area contributed by atoms with Crippen molar-refractivity contribution in [2.45, 2.75) is 50.6 Å². The van der Waals surface area contributed by atoms with Crippen LogP contribution in [0.1, 0.15) is 44.4 Å². The predicted molar refractivity (Wildman–Crippen MR) is 97.8 cm³/mol. The zero-order valence-electron chi connectivity index (χ0n) is 16.2. The van der Waals surface area contributed by atoms with Crippen LogP contribution in [-0.2, 0) is 16.1 Å². The molecule has 1 aliphatic heterocycles. The number of fused-ring (bicyclic) bond motifs is 3. The lowest BCUT2D eigenvalue weighted by Crippen LogP contribution is -2.73. The van der Waals surface area contributed by atoms with E-state index in [-0.39, 0.29) is 23.8 Å². The average Bonchev–Trinajstić information content (AvgIpc) is 3.11. The molecule has 3 saturated carbocycles. The van der Waals surface area contributed by atoms with E-state index in [1.54, 1.807) is 0 Å². The van der Waals surface area contributed by atoms with Crippen molar-refractivity contribution in [3.8, 4) is 0 Å². The van der Waals surface area contributed by atoms with Crippen molar-refractivity contribution in [2.24, 2.45) is 10.8 Å². The molecule has 5 nitrogen and oxygen atoms in total. The average molecular weight is 449 g/mol. The number of rotatable bonds is 3. The van der Waals surface area contributed by atoms with Gasteiger partial charge in [0, 0.05) is 17.4 Å². The van der Waals surface area contributed by atoms with Crippen LogP contribution in [0.25, 0.3) is 5.65 Å². The first kappa shape index (κ1) is 20.0. The van der Waals surface area contributed by atoms with Crippen molar-refractivity contribution < 1.29 is 26.7 Å². The van der Waals surface area contributed by atoms with Gasteiger partial charge in [-0.25, -0.2) is 18.3 Å². The van der Waals surface area contributed by atoms with Gasteiger partial charge in [0.15, 0.2) is 5.65 Å². The van der Waals surface area contributed by atoms with Crippen molar-refractivity contribution in [1.29, 1.82) is 0 Å². The number of nitrogens with zero attached hydrogens (tertiary/aromatic N) is 4. The Labute approximate surface area is 173 Å². The Morgan fingerprint density at radius 3 is 2.37 bits per heavy atom. The Morgan fingerprint density at radius 2 is 1.80 bits per heavy atom. The minimum atomic E-state index is -4.49. The highest BCUT2D eigenvalue weighted by Gasteiger charge is 2.85. The van der Waals surface area contributed by atoms with Crippen LogP contribution in [0.15, 0.2) is 12.4 Å². The topological polar surface area (TPSA) is 50.5 Å². The number of aromatic nitrogens is 3. The maximum absolute atomic E-state index is 15.7. The van der Waals surface area contributed by atoms with Crippen LogP contribution in [0.2, 0.25) is 0 Å². The van der Waals surface area contributed by atoms with E-state index in [4.69, 9.17) is 11.6 Å². The maximum Gasteiger partial charge on any atom is 0.394 e. The molecule has 3 heterocycles. The van der Waals surface area contributed by atoms with E-state index in [0.29, 0.717) is 5.69 Å². The number of carbonyl (C=O) groups is 1. The second-order valence-electron chi connectivity index (χ2n) is 9.45. The molecule has 2 aromatic rings. The van der Waals surface area contributed by atoms with Gasteiger partial charge in [-0.3, -0.25) is 4.79 Å². The highest BCUT2D eigenvalue weighted by molar-refractivity contribution is 6.29. The Balaban J connectivity index is 1.65. The maximum atomic E-state index is 15.7. The van der Waals surface area contributed by atoms with E-state index in [2.05, 4.69) is 10.1 Å². The third-order valence-electron chi connectivity index (χ3n) is 7.06. The van der Waals surface area contributed by atoms with Crippen LogP contribution >= 0.6 is 11.6 Å². The first-order valence-electron chi connectivity index (χ1n) is 9.47. The molecule has 162 valence electrons. The van der Waals surface area contributed by atoms with Crippen molar-refractivity contribution in [3.05, 3.63) is 23.7 Å². The van der Waals surface area contributed by atoms with Crippen LogP contribution in [0, 0.1) is 10.8 Å². The minimum Gasteiger partial charge on any atom is -0.309 e. The Hall–Kier alpha value is -1.97. The van der Waals surface area contributed by atoms with E-state index in [0.717, 1.165) is 6.33 Å². The second kappa shape index (κ2) is 5.44. The summed E-state index contributed by atoms with van der Waals surface area (Å²) in [5.74, 6) is -4.32. The van der Waals surface area contributed by atoms with Crippen LogP contribution in [0.3, 0.4) is 0 Å². The molecule has 3 aliphatic carbocycles. The predicted octanol–water partition coefficient (Wildman–Crippen LogP) is 4.42. The molecule has 0 radical (unpaired) electrons. The summed E-state index contributed by atoms with van der Waals surface area (Å²) in [5.41, 5.74) is -4.17. The van der Waals surface area contributed by atoms with Crippen LogP contribution < -0.4 is 4.90 Å². The van der Waals surface area contributed by atoms with Crippen LogP contribution in [0.4, 0.5) is 27.6 Å². The molecular weight excluding hydrogens is 431 g/mol. The number of anilines is 1. The zero-order valence-corrected chi connectivity index (χ0v) is 16.9. The summed E-state index contributed by atoms with van der Waals surface area (Å²) >= 11 is 5.71. The van der Waals surface area contributed by atoms with Gasteiger partial charge in [0.25, 0.3) is 5.92 Å². The summed E-state index contributed by atoms with van der Waals surface area (Å²) in [4.78, 5) is 17.7. The van der Waals surface area contributed by atoms with Crippen LogP contribution in [-0.4, -0.2) is 39.1 Å². The standard InChI is InChI=1S/C19H18ClF5N4O/c1-15(2)8-28(12(30)4-20)11-3-10(14-26-9-27-29(14)13(11)15)18(21,22)16-5-17(6-16,7-16)19(23,24)25/h3,9H,4-8H2,1-2H3. The van der Waals surface area contributed by atoms with Gasteiger partial charge in [-0.15, -0.1) is 11.6 Å². The van der Waals surface area contributed by atoms with Gasteiger partial charge in [-0.1, -0.05) is 13.8 Å². The van der Waals surface area contributed by atoms with Gasteiger partial charge in [0.1, 0.15) is 12.2 Å². The molecule has 6 rings (SSSR count). The Bertz CT molecular complexity index is 1070. The first-order valence-corrected chi connectivity index (χ1v) is 10.0. The van der Waals surface area contributed by atoms with E-state index in [9.17, 15) is 18.0 Å². The molecule has 4 aliphatic rings. The number of pyridine rings is 1. The highest BCUT2D eigenvalue weighted by Crippen LogP contribution is 2.84. The molecule has 0 unspecified atom stereocenters. The summed E-state index contributed by atoms with van der Waals surface area (Å²) in [6.45, 7) is 3.92. The normalized spacial score (nSPS) is 29.5. The molecule has 2 bridgehead atoms. The second-order valence-corrected chi connectivity index (χ2v) is 9.72. The number of alkyl halides is 6. The summed E-state index contributed by atoms with van der Waals surface area (Å²) in [6.07, 6.45) is -5.17. The molecule has 3 fully saturated rings. The number of halogens is 6. The Morgan fingerprint density at radius 1 is 1.17 bits per heavy atom. The summed E-state index contributed by atoms with van der Waals surface area (Å²) in [7, 11) is 0. The third kappa shape index (κ3) is 2.15. The minimum absolute atomic E-state index is 0.0993. The molecule has 0 saturated heterocycles. The fraction of sp³-hybridized carbons (Fsp3) is 0.632. The summed E-state index contributed by atoms with van der Waals surface area (Å²) in [6, 6.07) is 1.19. The fourth-order valence-corrected chi connectivity index (χ4v) is 5.74. The van der Waals surface area contributed by atoms with Gasteiger partial charge < -0.3 is 4.90 Å². The van der Waals surface area contributed by atoms with E-state index in [1.165, 1.54) is 15.5 Å². The van der Waals surface area contributed by atoms with E-state index in [1.807, 2.05) is 13.8 Å². The SMILES string of the molecule is CC1(C)CN(C(=O)CCl)c2cc(C(F)(F)C34CC(C(F)(F)F)(C3)C4)c3ncnn3c21. The fourth-order valence-electron chi connectivity index (χ4n) is 5.59. The smallest absolute Gasteiger partial charge is 0.309 e. The van der Waals surface area contributed by atoms with Gasteiger partial charge in [0.05, 0.1) is 22.4 Å². The van der Waals surface area contributed by atoms with Crippen molar-refractivity contribution in [1.82, 2.24) is 14.6 Å². The molecule has 30 heavy (non-hydrogen) atoms. The number of carbonyl (C=O) groups excluding carboxylic acids is 1. The molecule has 0 spiro atoms. The molecule has 11 heteroatoms. The lowest BCUT2D eigenvalue weighted by molar-refractivity contribution is -0.411. The monoisotopic (exact) mass is 448 g/mol. The lowest BCUT2D eigenvalue weighted by Gasteiger charge is -2.72. The number of amides is 1. The zero-order chi connectivity index (χ0) is 21.9.